The first kappa shape index (κ1) is 17.3. The van der Waals surface area contributed by atoms with Gasteiger partial charge in [-0.25, -0.2) is 9.18 Å². The number of nitrogens with one attached hydrogen (secondary N) is 1. The summed E-state index contributed by atoms with van der Waals surface area (Å²) < 4.78 is 23.9. The van der Waals surface area contributed by atoms with Crippen molar-refractivity contribution in [3.63, 3.8) is 0 Å². The molecule has 0 radical (unpaired) electrons. The van der Waals surface area contributed by atoms with E-state index < -0.39 is 11.4 Å². The second-order valence-electron chi connectivity index (χ2n) is 6.59. The molecule has 1 aliphatic heterocycles. The fourth-order valence-corrected chi connectivity index (χ4v) is 4.24. The number of carbonyl (C=O) groups is 2. The van der Waals surface area contributed by atoms with Crippen molar-refractivity contribution >= 4 is 11.9 Å². The molecule has 138 valence electrons. The fraction of sp³-hybridized carbons (Fsp3) is 0.238. The number of allylic oxidation sites excluding steroid dienone is 1. The van der Waals surface area contributed by atoms with E-state index in [2.05, 4.69) is 5.32 Å². The maximum atomic E-state index is 13.6. The minimum atomic E-state index is -0.769. The zero-order valence-electron chi connectivity index (χ0n) is 15.0. The molecule has 2 aliphatic rings. The standard InChI is InChI=1S/C21H18FNO4/c1-26-16-5-3-4-15-17(16)19(24)23-18-14(20(25)27-2)10-11-21(15,18)12-6-8-13(22)9-7-12/h3-9H,10-11H2,1-2H3,(H,23,24). The molecular formula is C21H18FNO4. The number of rotatable bonds is 3. The van der Waals surface area contributed by atoms with Crippen LogP contribution in [0.5, 0.6) is 5.75 Å². The van der Waals surface area contributed by atoms with E-state index in [-0.39, 0.29) is 11.7 Å². The quantitative estimate of drug-likeness (QED) is 0.847. The molecule has 0 saturated heterocycles. The molecule has 1 amide bonds. The van der Waals surface area contributed by atoms with Crippen molar-refractivity contribution in [2.75, 3.05) is 14.2 Å². The lowest BCUT2D eigenvalue weighted by Gasteiger charge is -2.39. The Morgan fingerprint density at radius 3 is 2.56 bits per heavy atom. The Morgan fingerprint density at radius 2 is 1.89 bits per heavy atom. The third-order valence-electron chi connectivity index (χ3n) is 5.42. The molecule has 0 spiro atoms. The van der Waals surface area contributed by atoms with Gasteiger partial charge in [0.05, 0.1) is 30.8 Å². The van der Waals surface area contributed by atoms with Crippen molar-refractivity contribution in [2.45, 2.75) is 18.3 Å². The highest BCUT2D eigenvalue weighted by Crippen LogP contribution is 2.53. The Balaban J connectivity index is 2.06. The van der Waals surface area contributed by atoms with Crippen LogP contribution in [-0.2, 0) is 14.9 Å². The Kier molecular flexibility index (Phi) is 3.98. The van der Waals surface area contributed by atoms with E-state index in [0.29, 0.717) is 35.4 Å². The van der Waals surface area contributed by atoms with Crippen molar-refractivity contribution in [1.29, 1.82) is 0 Å². The molecule has 27 heavy (non-hydrogen) atoms. The van der Waals surface area contributed by atoms with E-state index >= 15 is 0 Å². The molecular weight excluding hydrogens is 349 g/mol. The van der Waals surface area contributed by atoms with Crippen LogP contribution < -0.4 is 10.1 Å². The molecule has 5 nitrogen and oxygen atoms in total. The van der Waals surface area contributed by atoms with E-state index in [1.54, 1.807) is 18.2 Å². The minimum Gasteiger partial charge on any atom is -0.496 e. The number of methoxy groups -OCH3 is 2. The first-order valence-corrected chi connectivity index (χ1v) is 8.59. The Hall–Kier alpha value is -3.15. The third kappa shape index (κ3) is 2.36. The van der Waals surface area contributed by atoms with E-state index in [0.717, 1.165) is 11.1 Å². The SMILES string of the molecule is COC(=O)C1=C2NC(=O)c3c(OC)cccc3C2(c2ccc(F)cc2)CC1. The average Bonchev–Trinajstić information content (AvgIpc) is 3.08. The summed E-state index contributed by atoms with van der Waals surface area (Å²) in [5.74, 6) is -0.700. The van der Waals surface area contributed by atoms with Crippen LogP contribution in [0.25, 0.3) is 0 Å². The monoisotopic (exact) mass is 367 g/mol. The van der Waals surface area contributed by atoms with Crippen LogP contribution in [0.4, 0.5) is 4.39 Å². The van der Waals surface area contributed by atoms with Gasteiger partial charge in [0.15, 0.2) is 0 Å². The van der Waals surface area contributed by atoms with Crippen molar-refractivity contribution in [1.82, 2.24) is 5.32 Å². The maximum absolute atomic E-state index is 13.6. The number of esters is 1. The first-order chi connectivity index (χ1) is 13.0. The molecule has 2 aromatic carbocycles. The zero-order valence-corrected chi connectivity index (χ0v) is 15.0. The van der Waals surface area contributed by atoms with E-state index in [1.807, 2.05) is 12.1 Å². The molecule has 0 bridgehead atoms. The van der Waals surface area contributed by atoms with Crippen molar-refractivity contribution < 1.29 is 23.5 Å². The second-order valence-corrected chi connectivity index (χ2v) is 6.59. The van der Waals surface area contributed by atoms with Gasteiger partial charge >= 0.3 is 5.97 Å². The summed E-state index contributed by atoms with van der Waals surface area (Å²) in [7, 11) is 2.82. The van der Waals surface area contributed by atoms with Gasteiger partial charge in [-0.1, -0.05) is 24.3 Å². The minimum absolute atomic E-state index is 0.335. The van der Waals surface area contributed by atoms with Gasteiger partial charge < -0.3 is 14.8 Å². The molecule has 0 saturated carbocycles. The molecule has 6 heteroatoms. The first-order valence-electron chi connectivity index (χ1n) is 8.59. The van der Waals surface area contributed by atoms with Crippen molar-refractivity contribution in [2.24, 2.45) is 0 Å². The van der Waals surface area contributed by atoms with Crippen LogP contribution in [-0.4, -0.2) is 26.1 Å². The summed E-state index contributed by atoms with van der Waals surface area (Å²) in [5.41, 5.74) is 2.14. The van der Waals surface area contributed by atoms with Crippen LogP contribution in [0.15, 0.2) is 53.7 Å². The predicted molar refractivity (Wildman–Crippen MR) is 95.9 cm³/mol. The number of hydrogen-bond donors (Lipinski definition) is 1. The lowest BCUT2D eigenvalue weighted by atomic mass is 9.68. The van der Waals surface area contributed by atoms with Gasteiger partial charge in [-0.2, -0.15) is 0 Å². The molecule has 0 fully saturated rings. The predicted octanol–water partition coefficient (Wildman–Crippen LogP) is 3.08. The Morgan fingerprint density at radius 1 is 1.15 bits per heavy atom. The molecule has 1 unspecified atom stereocenters. The van der Waals surface area contributed by atoms with Crippen LogP contribution in [0.2, 0.25) is 0 Å². The van der Waals surface area contributed by atoms with Crippen LogP contribution >= 0.6 is 0 Å². The van der Waals surface area contributed by atoms with Crippen LogP contribution in [0.3, 0.4) is 0 Å². The summed E-state index contributed by atoms with van der Waals surface area (Å²) in [4.78, 5) is 25.2. The second kappa shape index (κ2) is 6.23. The molecule has 1 atom stereocenters. The summed E-state index contributed by atoms with van der Waals surface area (Å²) in [6.45, 7) is 0. The molecule has 1 aliphatic carbocycles. The van der Waals surface area contributed by atoms with E-state index in [9.17, 15) is 14.0 Å². The van der Waals surface area contributed by atoms with Crippen molar-refractivity contribution in [3.05, 3.63) is 76.2 Å². The lowest BCUT2D eigenvalue weighted by molar-refractivity contribution is -0.136. The van der Waals surface area contributed by atoms with Gasteiger partial charge in [-0.15, -0.1) is 0 Å². The molecule has 0 aromatic heterocycles. The number of ether oxygens (including phenoxy) is 2. The summed E-state index contributed by atoms with van der Waals surface area (Å²) in [6, 6.07) is 11.5. The molecule has 2 aromatic rings. The van der Waals surface area contributed by atoms with E-state index in [4.69, 9.17) is 9.47 Å². The van der Waals surface area contributed by atoms with Crippen LogP contribution in [0.1, 0.15) is 34.3 Å². The fourth-order valence-electron chi connectivity index (χ4n) is 4.24. The largest absolute Gasteiger partial charge is 0.496 e. The summed E-state index contributed by atoms with van der Waals surface area (Å²) in [6.07, 6.45) is 0.995. The molecule has 1 heterocycles. The van der Waals surface area contributed by atoms with Gasteiger partial charge in [0.2, 0.25) is 0 Å². The number of amides is 1. The van der Waals surface area contributed by atoms with Gasteiger partial charge in [-0.05, 0) is 42.2 Å². The average molecular weight is 367 g/mol. The highest BCUT2D eigenvalue weighted by Gasteiger charge is 2.51. The number of halogens is 1. The third-order valence-corrected chi connectivity index (χ3v) is 5.42. The van der Waals surface area contributed by atoms with E-state index in [1.165, 1.54) is 26.4 Å². The lowest BCUT2D eigenvalue weighted by Crippen LogP contribution is -2.44. The number of carbonyl (C=O) groups excluding carboxylic acids is 2. The zero-order chi connectivity index (χ0) is 19.2. The topological polar surface area (TPSA) is 64.6 Å². The van der Waals surface area contributed by atoms with Crippen molar-refractivity contribution in [3.8, 4) is 5.75 Å². The number of benzene rings is 2. The smallest absolute Gasteiger partial charge is 0.335 e. The Labute approximate surface area is 155 Å². The maximum Gasteiger partial charge on any atom is 0.335 e. The van der Waals surface area contributed by atoms with Gasteiger partial charge in [-0.3, -0.25) is 4.79 Å². The Bertz CT molecular complexity index is 980. The van der Waals surface area contributed by atoms with Gasteiger partial charge in [0, 0.05) is 5.70 Å². The molecule has 1 N–H and O–H groups in total. The van der Waals surface area contributed by atoms with Gasteiger partial charge in [0.1, 0.15) is 11.6 Å². The highest BCUT2D eigenvalue weighted by atomic mass is 19.1. The van der Waals surface area contributed by atoms with Crippen LogP contribution in [0, 0.1) is 5.82 Å². The summed E-state index contributed by atoms with van der Waals surface area (Å²) in [5, 5.41) is 2.89. The summed E-state index contributed by atoms with van der Waals surface area (Å²) >= 11 is 0. The normalized spacial score (nSPS) is 20.6. The number of fused-ring (bicyclic) bond motifs is 3. The van der Waals surface area contributed by atoms with Gasteiger partial charge in [0.25, 0.3) is 5.91 Å². The molecule has 4 rings (SSSR count). The number of hydrogen-bond acceptors (Lipinski definition) is 4. The highest BCUT2D eigenvalue weighted by molar-refractivity contribution is 6.04.